The summed E-state index contributed by atoms with van der Waals surface area (Å²) in [5.74, 6) is 1.24. The molecular formula is C21H24N2O3. The maximum Gasteiger partial charge on any atom is 0.232 e. The van der Waals surface area contributed by atoms with Crippen LogP contribution in [0.4, 0.5) is 0 Å². The number of hydrogen-bond donors (Lipinski definition) is 1. The van der Waals surface area contributed by atoms with E-state index in [1.165, 1.54) is 0 Å². The zero-order chi connectivity index (χ0) is 17.8. The van der Waals surface area contributed by atoms with Crippen LogP contribution in [0.25, 0.3) is 0 Å². The van der Waals surface area contributed by atoms with Crippen LogP contribution in [0.15, 0.2) is 48.5 Å². The molecule has 1 amide bonds. The van der Waals surface area contributed by atoms with Crippen molar-refractivity contribution in [3.63, 3.8) is 0 Å². The second-order valence-corrected chi connectivity index (χ2v) is 6.71. The maximum atomic E-state index is 13.0. The zero-order valence-corrected chi connectivity index (χ0v) is 14.8. The Balaban J connectivity index is 1.42. The smallest absolute Gasteiger partial charge is 0.232 e. The number of fused-ring (bicyclic) bond motifs is 2. The molecule has 1 N–H and O–H groups in total. The fourth-order valence-electron chi connectivity index (χ4n) is 3.63. The zero-order valence-electron chi connectivity index (χ0n) is 14.8. The summed E-state index contributed by atoms with van der Waals surface area (Å²) in [4.78, 5) is 15.4. The minimum Gasteiger partial charge on any atom is -0.457 e. The first kappa shape index (κ1) is 17.1. The Morgan fingerprint density at radius 1 is 1.00 bits per heavy atom. The van der Waals surface area contributed by atoms with Gasteiger partial charge in [0.15, 0.2) is 0 Å². The Labute approximate surface area is 153 Å². The highest BCUT2D eigenvalue weighted by molar-refractivity contribution is 5.89. The third-order valence-electron chi connectivity index (χ3n) is 5.00. The molecule has 0 bridgehead atoms. The molecule has 5 heteroatoms. The molecule has 1 saturated heterocycles. The summed E-state index contributed by atoms with van der Waals surface area (Å²) in [6, 6.07) is 15.6. The lowest BCUT2D eigenvalue weighted by atomic mass is 9.87. The highest BCUT2D eigenvalue weighted by Gasteiger charge is 2.32. The first-order chi connectivity index (χ1) is 12.8. The predicted molar refractivity (Wildman–Crippen MR) is 99.7 cm³/mol. The Hall–Kier alpha value is -2.37. The van der Waals surface area contributed by atoms with Crippen LogP contribution in [-0.4, -0.2) is 50.2 Å². The lowest BCUT2D eigenvalue weighted by Crippen LogP contribution is -2.38. The fourth-order valence-corrected chi connectivity index (χ4v) is 3.63. The van der Waals surface area contributed by atoms with Crippen molar-refractivity contribution in [2.45, 2.75) is 12.3 Å². The molecular weight excluding hydrogens is 328 g/mol. The van der Waals surface area contributed by atoms with E-state index in [0.29, 0.717) is 6.54 Å². The molecule has 0 unspecified atom stereocenters. The highest BCUT2D eigenvalue weighted by atomic mass is 16.5. The molecule has 2 aromatic carbocycles. The molecule has 0 aromatic heterocycles. The van der Waals surface area contributed by atoms with Gasteiger partial charge in [0.05, 0.1) is 19.1 Å². The van der Waals surface area contributed by atoms with Gasteiger partial charge in [0.2, 0.25) is 5.91 Å². The maximum absolute atomic E-state index is 13.0. The lowest BCUT2D eigenvalue weighted by Gasteiger charge is -2.28. The van der Waals surface area contributed by atoms with E-state index in [1.54, 1.807) is 0 Å². The van der Waals surface area contributed by atoms with Crippen LogP contribution in [0.1, 0.15) is 23.5 Å². The van der Waals surface area contributed by atoms with Crippen molar-refractivity contribution >= 4 is 5.91 Å². The Bertz CT molecular complexity index is 726. The van der Waals surface area contributed by atoms with E-state index in [4.69, 9.17) is 9.47 Å². The minimum absolute atomic E-state index is 0.0372. The van der Waals surface area contributed by atoms with Crippen LogP contribution in [0.3, 0.4) is 0 Å². The standard InChI is InChI=1S/C21H24N2O3/c24-21(22-10-5-11-23-12-14-25-15-13-23)20-16-6-1-3-8-18(16)26-19-9-4-2-7-17(19)20/h1-4,6-9,20H,5,10-15H2,(H,22,24). The number of rotatable bonds is 5. The summed E-state index contributed by atoms with van der Waals surface area (Å²) in [7, 11) is 0. The third-order valence-corrected chi connectivity index (χ3v) is 5.00. The number of ether oxygens (including phenoxy) is 2. The highest BCUT2D eigenvalue weighted by Crippen LogP contribution is 2.43. The Morgan fingerprint density at radius 2 is 1.62 bits per heavy atom. The van der Waals surface area contributed by atoms with E-state index in [0.717, 1.165) is 61.9 Å². The van der Waals surface area contributed by atoms with Gasteiger partial charge in [0, 0.05) is 30.8 Å². The Kier molecular flexibility index (Phi) is 5.18. The third kappa shape index (κ3) is 3.59. The summed E-state index contributed by atoms with van der Waals surface area (Å²) >= 11 is 0. The van der Waals surface area contributed by atoms with E-state index in [-0.39, 0.29) is 11.8 Å². The van der Waals surface area contributed by atoms with Gasteiger partial charge >= 0.3 is 0 Å². The topological polar surface area (TPSA) is 50.8 Å². The molecule has 0 radical (unpaired) electrons. The number of morpholine rings is 1. The molecule has 2 aliphatic heterocycles. The van der Waals surface area contributed by atoms with Crippen molar-refractivity contribution in [3.8, 4) is 11.5 Å². The second kappa shape index (κ2) is 7.89. The summed E-state index contributed by atoms with van der Waals surface area (Å²) in [5, 5.41) is 3.12. The Morgan fingerprint density at radius 3 is 2.27 bits per heavy atom. The van der Waals surface area contributed by atoms with Gasteiger partial charge in [-0.3, -0.25) is 9.69 Å². The quantitative estimate of drug-likeness (QED) is 0.841. The number of amides is 1. The van der Waals surface area contributed by atoms with Crippen molar-refractivity contribution in [1.82, 2.24) is 10.2 Å². The summed E-state index contributed by atoms with van der Waals surface area (Å²) in [5.41, 5.74) is 1.86. The summed E-state index contributed by atoms with van der Waals surface area (Å²) in [6.45, 7) is 5.25. The van der Waals surface area contributed by atoms with Crippen LogP contribution >= 0.6 is 0 Å². The van der Waals surface area contributed by atoms with E-state index >= 15 is 0 Å². The molecule has 1 fully saturated rings. The minimum atomic E-state index is -0.320. The van der Waals surface area contributed by atoms with Crippen LogP contribution in [0.2, 0.25) is 0 Å². The normalized spacial score (nSPS) is 17.1. The molecule has 2 heterocycles. The number of carbonyl (C=O) groups is 1. The lowest BCUT2D eigenvalue weighted by molar-refractivity contribution is -0.121. The summed E-state index contributed by atoms with van der Waals surface area (Å²) < 4.78 is 11.3. The number of nitrogens with one attached hydrogen (secondary N) is 1. The van der Waals surface area contributed by atoms with Gasteiger partial charge in [-0.25, -0.2) is 0 Å². The first-order valence-electron chi connectivity index (χ1n) is 9.26. The van der Waals surface area contributed by atoms with Crippen molar-refractivity contribution in [1.29, 1.82) is 0 Å². The molecule has 4 rings (SSSR count). The molecule has 2 aromatic rings. The van der Waals surface area contributed by atoms with E-state index in [9.17, 15) is 4.79 Å². The molecule has 0 saturated carbocycles. The molecule has 26 heavy (non-hydrogen) atoms. The number of para-hydroxylation sites is 2. The predicted octanol–water partition coefficient (Wildman–Crippen LogP) is 2.76. The second-order valence-electron chi connectivity index (χ2n) is 6.71. The van der Waals surface area contributed by atoms with Gasteiger partial charge in [-0.2, -0.15) is 0 Å². The van der Waals surface area contributed by atoms with Gasteiger partial charge in [-0.15, -0.1) is 0 Å². The average Bonchev–Trinajstić information content (AvgIpc) is 2.70. The first-order valence-corrected chi connectivity index (χ1v) is 9.26. The summed E-state index contributed by atoms with van der Waals surface area (Å²) in [6.07, 6.45) is 0.943. The van der Waals surface area contributed by atoms with Crippen molar-refractivity contribution in [2.75, 3.05) is 39.4 Å². The van der Waals surface area contributed by atoms with Gasteiger partial charge in [0.1, 0.15) is 11.5 Å². The average molecular weight is 352 g/mol. The molecule has 5 nitrogen and oxygen atoms in total. The van der Waals surface area contributed by atoms with Gasteiger partial charge in [-0.05, 0) is 25.1 Å². The van der Waals surface area contributed by atoms with Gasteiger partial charge < -0.3 is 14.8 Å². The number of carbonyl (C=O) groups excluding carboxylic acids is 1. The number of nitrogens with zero attached hydrogens (tertiary/aromatic N) is 1. The van der Waals surface area contributed by atoms with Gasteiger partial charge in [-0.1, -0.05) is 36.4 Å². The SMILES string of the molecule is O=C(NCCCN1CCOCC1)C1c2ccccc2Oc2ccccc21. The number of hydrogen-bond acceptors (Lipinski definition) is 4. The van der Waals surface area contributed by atoms with E-state index in [2.05, 4.69) is 10.2 Å². The van der Waals surface area contributed by atoms with Gasteiger partial charge in [0.25, 0.3) is 0 Å². The van der Waals surface area contributed by atoms with Crippen LogP contribution < -0.4 is 10.1 Å². The molecule has 0 spiro atoms. The molecule has 0 aliphatic carbocycles. The van der Waals surface area contributed by atoms with E-state index < -0.39 is 0 Å². The van der Waals surface area contributed by atoms with E-state index in [1.807, 2.05) is 48.5 Å². The van der Waals surface area contributed by atoms with Crippen LogP contribution in [0, 0.1) is 0 Å². The number of benzene rings is 2. The van der Waals surface area contributed by atoms with Crippen molar-refractivity contribution in [2.24, 2.45) is 0 Å². The van der Waals surface area contributed by atoms with Crippen molar-refractivity contribution < 1.29 is 14.3 Å². The van der Waals surface area contributed by atoms with Crippen molar-refractivity contribution in [3.05, 3.63) is 59.7 Å². The molecule has 2 aliphatic rings. The van der Waals surface area contributed by atoms with Crippen LogP contribution in [0.5, 0.6) is 11.5 Å². The molecule has 0 atom stereocenters. The fraction of sp³-hybridized carbons (Fsp3) is 0.381. The monoisotopic (exact) mass is 352 g/mol. The largest absolute Gasteiger partial charge is 0.457 e. The molecule has 136 valence electrons. The van der Waals surface area contributed by atoms with Crippen LogP contribution in [-0.2, 0) is 9.53 Å².